The van der Waals surface area contributed by atoms with Gasteiger partial charge in [0.2, 0.25) is 0 Å². The fourth-order valence-electron chi connectivity index (χ4n) is 2.43. The first-order valence-electron chi connectivity index (χ1n) is 7.13. The number of hydrogen-bond donors (Lipinski definition) is 2. The third-order valence-electron chi connectivity index (χ3n) is 3.54. The summed E-state index contributed by atoms with van der Waals surface area (Å²) < 4.78 is 32.9. The van der Waals surface area contributed by atoms with Crippen molar-refractivity contribution in [2.75, 3.05) is 10.6 Å². The quantitative estimate of drug-likeness (QED) is 0.424. The Labute approximate surface area is 148 Å². The van der Waals surface area contributed by atoms with E-state index < -0.39 is 10.1 Å². The van der Waals surface area contributed by atoms with Gasteiger partial charge in [-0.15, -0.1) is 0 Å². The first-order chi connectivity index (χ1) is 9.50. The molecule has 0 saturated carbocycles. The second-order valence-electron chi connectivity index (χ2n) is 5.21. The van der Waals surface area contributed by atoms with Crippen LogP contribution in [0.3, 0.4) is 0 Å². The standard InChI is InChI=1S/C14H22N2O3S.Na/c1-2-3-4-5-6-7-14-15-12-9-8-11(20(17,18)19)10-13(12)16-14;/h8-10,14-16H,2-7H2,1H3,(H,17,18,19);/q;+1/p-1. The zero-order valence-corrected chi connectivity index (χ0v) is 15.5. The Morgan fingerprint density at radius 1 is 1.10 bits per heavy atom. The molecule has 1 aromatic carbocycles. The summed E-state index contributed by atoms with van der Waals surface area (Å²) in [5.41, 5.74) is 1.55. The van der Waals surface area contributed by atoms with E-state index in [-0.39, 0.29) is 40.6 Å². The molecule has 7 heteroatoms. The summed E-state index contributed by atoms with van der Waals surface area (Å²) in [5, 5.41) is 6.52. The van der Waals surface area contributed by atoms with Gasteiger partial charge in [0, 0.05) is 0 Å². The van der Waals surface area contributed by atoms with Gasteiger partial charge in [-0.3, -0.25) is 0 Å². The third kappa shape index (κ3) is 5.45. The molecule has 1 aliphatic heterocycles. The van der Waals surface area contributed by atoms with Crippen molar-refractivity contribution in [1.29, 1.82) is 0 Å². The van der Waals surface area contributed by atoms with Gasteiger partial charge in [-0.05, 0) is 31.0 Å². The van der Waals surface area contributed by atoms with E-state index in [1.165, 1.54) is 37.8 Å². The molecule has 0 bridgehead atoms. The van der Waals surface area contributed by atoms with Gasteiger partial charge >= 0.3 is 29.6 Å². The van der Waals surface area contributed by atoms with Crippen LogP contribution in [-0.4, -0.2) is 19.1 Å². The van der Waals surface area contributed by atoms with Crippen molar-refractivity contribution < 1.29 is 42.5 Å². The van der Waals surface area contributed by atoms with Crippen molar-refractivity contribution in [3.05, 3.63) is 18.2 Å². The van der Waals surface area contributed by atoms with Crippen LogP contribution in [0.15, 0.2) is 23.1 Å². The average molecular weight is 320 g/mol. The van der Waals surface area contributed by atoms with Gasteiger partial charge in [0.25, 0.3) is 0 Å². The van der Waals surface area contributed by atoms with Crippen molar-refractivity contribution in [3.63, 3.8) is 0 Å². The zero-order valence-electron chi connectivity index (χ0n) is 12.7. The number of hydrogen-bond acceptors (Lipinski definition) is 5. The van der Waals surface area contributed by atoms with Crippen LogP contribution in [-0.2, 0) is 10.1 Å². The van der Waals surface area contributed by atoms with Gasteiger partial charge in [0.05, 0.1) is 22.4 Å². The van der Waals surface area contributed by atoms with E-state index in [2.05, 4.69) is 17.6 Å². The molecule has 0 aliphatic carbocycles. The topological polar surface area (TPSA) is 81.3 Å². The SMILES string of the molecule is CCCCCCCC1Nc2ccc(S(=O)(=O)[O-])cc2N1.[Na+]. The van der Waals surface area contributed by atoms with Crippen molar-refractivity contribution in [1.82, 2.24) is 0 Å². The number of anilines is 2. The molecule has 1 atom stereocenters. The largest absolute Gasteiger partial charge is 1.00 e. The Bertz CT molecular complexity index is 563. The van der Waals surface area contributed by atoms with Crippen LogP contribution in [0.2, 0.25) is 0 Å². The summed E-state index contributed by atoms with van der Waals surface area (Å²) in [6.45, 7) is 2.19. The maximum atomic E-state index is 11.0. The predicted octanol–water partition coefficient (Wildman–Crippen LogP) is 0.119. The minimum Gasteiger partial charge on any atom is -0.744 e. The Morgan fingerprint density at radius 2 is 1.76 bits per heavy atom. The van der Waals surface area contributed by atoms with Gasteiger partial charge in [-0.25, -0.2) is 8.42 Å². The van der Waals surface area contributed by atoms with Gasteiger partial charge in [-0.2, -0.15) is 0 Å². The molecule has 2 N–H and O–H groups in total. The molecule has 5 nitrogen and oxygen atoms in total. The normalized spacial score (nSPS) is 16.6. The van der Waals surface area contributed by atoms with Crippen molar-refractivity contribution in [3.8, 4) is 0 Å². The summed E-state index contributed by atoms with van der Waals surface area (Å²) in [6, 6.07) is 4.39. The Morgan fingerprint density at radius 3 is 2.43 bits per heavy atom. The average Bonchev–Trinajstić information content (AvgIpc) is 2.79. The van der Waals surface area contributed by atoms with Crippen LogP contribution >= 0.6 is 0 Å². The summed E-state index contributed by atoms with van der Waals surface area (Å²) in [5.74, 6) is 0. The van der Waals surface area contributed by atoms with Crippen LogP contribution in [0.4, 0.5) is 11.4 Å². The fourth-order valence-corrected chi connectivity index (χ4v) is 2.93. The fraction of sp³-hybridized carbons (Fsp3) is 0.571. The molecule has 2 rings (SSSR count). The second-order valence-corrected chi connectivity index (χ2v) is 6.59. The molecule has 21 heavy (non-hydrogen) atoms. The molecule has 1 aliphatic rings. The van der Waals surface area contributed by atoms with E-state index >= 15 is 0 Å². The Hall–Kier alpha value is -0.270. The van der Waals surface area contributed by atoms with E-state index in [0.29, 0.717) is 5.69 Å². The monoisotopic (exact) mass is 320 g/mol. The molecule has 0 aromatic heterocycles. The molecule has 112 valence electrons. The molecule has 1 heterocycles. The van der Waals surface area contributed by atoms with Gasteiger partial charge < -0.3 is 15.2 Å². The molecule has 1 unspecified atom stereocenters. The Balaban J connectivity index is 0.00000220. The summed E-state index contributed by atoms with van der Waals surface area (Å²) >= 11 is 0. The van der Waals surface area contributed by atoms with Crippen molar-refractivity contribution in [2.24, 2.45) is 0 Å². The minimum atomic E-state index is -4.39. The van der Waals surface area contributed by atoms with E-state index in [9.17, 15) is 13.0 Å². The van der Waals surface area contributed by atoms with E-state index in [4.69, 9.17) is 0 Å². The summed E-state index contributed by atoms with van der Waals surface area (Å²) in [7, 11) is -4.39. The molecule has 0 radical (unpaired) electrons. The van der Waals surface area contributed by atoms with Crippen molar-refractivity contribution in [2.45, 2.75) is 56.5 Å². The molecule has 0 fully saturated rings. The Kier molecular flexibility index (Phi) is 7.50. The maximum absolute atomic E-state index is 11.0. The first-order valence-corrected chi connectivity index (χ1v) is 8.54. The van der Waals surface area contributed by atoms with Crippen LogP contribution < -0.4 is 40.2 Å². The van der Waals surface area contributed by atoms with Crippen LogP contribution in [0.1, 0.15) is 45.4 Å². The minimum absolute atomic E-state index is 0. The number of unbranched alkanes of at least 4 members (excludes halogenated alkanes) is 4. The van der Waals surface area contributed by atoms with Gasteiger partial charge in [0.15, 0.2) is 0 Å². The maximum Gasteiger partial charge on any atom is 1.00 e. The first kappa shape index (κ1) is 18.8. The molecular formula is C14H21N2NaO3S. The molecule has 0 spiro atoms. The predicted molar refractivity (Wildman–Crippen MR) is 78.8 cm³/mol. The zero-order chi connectivity index (χ0) is 14.6. The van der Waals surface area contributed by atoms with Gasteiger partial charge in [0.1, 0.15) is 10.1 Å². The number of fused-ring (bicyclic) bond motifs is 1. The van der Waals surface area contributed by atoms with Crippen LogP contribution in [0, 0.1) is 0 Å². The third-order valence-corrected chi connectivity index (χ3v) is 4.37. The van der Waals surface area contributed by atoms with Gasteiger partial charge in [-0.1, -0.05) is 32.6 Å². The molecule has 0 saturated heterocycles. The second kappa shape index (κ2) is 8.39. The number of nitrogens with one attached hydrogen (secondary N) is 2. The molecular weight excluding hydrogens is 299 g/mol. The number of benzene rings is 1. The van der Waals surface area contributed by atoms with E-state index in [1.54, 1.807) is 6.07 Å². The summed E-state index contributed by atoms with van der Waals surface area (Å²) in [4.78, 5) is -0.186. The van der Waals surface area contributed by atoms with E-state index in [1.807, 2.05) is 0 Å². The smallest absolute Gasteiger partial charge is 0.744 e. The molecule has 1 aromatic rings. The van der Waals surface area contributed by atoms with Crippen LogP contribution in [0.5, 0.6) is 0 Å². The number of rotatable bonds is 7. The van der Waals surface area contributed by atoms with Crippen LogP contribution in [0.25, 0.3) is 0 Å². The van der Waals surface area contributed by atoms with E-state index in [0.717, 1.165) is 18.5 Å². The summed E-state index contributed by atoms with van der Waals surface area (Å²) in [6.07, 6.45) is 7.22. The van der Waals surface area contributed by atoms with Crippen molar-refractivity contribution >= 4 is 21.5 Å². The molecule has 0 amide bonds.